The third-order valence-corrected chi connectivity index (χ3v) is 5.71. The zero-order chi connectivity index (χ0) is 19.5. The van der Waals surface area contributed by atoms with Gasteiger partial charge in [0.05, 0.1) is 0 Å². The molecular formula is C21H21N3O3S. The van der Waals surface area contributed by atoms with Crippen molar-refractivity contribution in [3.8, 4) is 22.1 Å². The predicted octanol–water partition coefficient (Wildman–Crippen LogP) is 3.18. The molecule has 6 nitrogen and oxygen atoms in total. The van der Waals surface area contributed by atoms with Crippen LogP contribution in [0.3, 0.4) is 0 Å². The number of phenols is 2. The van der Waals surface area contributed by atoms with Crippen LogP contribution < -0.4 is 0 Å². The molecule has 0 aliphatic carbocycles. The van der Waals surface area contributed by atoms with E-state index in [-0.39, 0.29) is 17.4 Å². The first-order valence-electron chi connectivity index (χ1n) is 9.13. The number of amides is 1. The molecular weight excluding hydrogens is 374 g/mol. The minimum Gasteiger partial charge on any atom is -0.508 e. The second kappa shape index (κ2) is 8.00. The van der Waals surface area contributed by atoms with Gasteiger partial charge in [0, 0.05) is 43.7 Å². The van der Waals surface area contributed by atoms with E-state index in [2.05, 4.69) is 9.88 Å². The number of hydrogen-bond donors (Lipinski definition) is 2. The maximum absolute atomic E-state index is 12.8. The molecule has 3 aromatic rings. The lowest BCUT2D eigenvalue weighted by atomic mass is 10.2. The van der Waals surface area contributed by atoms with E-state index >= 15 is 0 Å². The van der Waals surface area contributed by atoms with E-state index in [1.54, 1.807) is 41.8 Å². The van der Waals surface area contributed by atoms with Crippen molar-refractivity contribution in [1.29, 1.82) is 0 Å². The number of thiazole rings is 1. The van der Waals surface area contributed by atoms with Crippen LogP contribution in [0.5, 0.6) is 11.5 Å². The number of benzene rings is 2. The third-order valence-electron chi connectivity index (χ3n) is 4.81. The Morgan fingerprint density at radius 1 is 1.00 bits per heavy atom. The fourth-order valence-electron chi connectivity index (χ4n) is 3.29. The van der Waals surface area contributed by atoms with Crippen LogP contribution in [-0.2, 0) is 6.54 Å². The molecule has 1 aromatic heterocycles. The molecule has 2 heterocycles. The fourth-order valence-corrected chi connectivity index (χ4v) is 4.09. The number of aromatic nitrogens is 1. The van der Waals surface area contributed by atoms with Crippen LogP contribution in [0.4, 0.5) is 0 Å². The Kier molecular flexibility index (Phi) is 5.27. The van der Waals surface area contributed by atoms with E-state index in [4.69, 9.17) is 0 Å². The molecule has 1 aliphatic heterocycles. The van der Waals surface area contributed by atoms with Gasteiger partial charge in [-0.25, -0.2) is 4.98 Å². The Morgan fingerprint density at radius 3 is 2.46 bits per heavy atom. The number of nitrogens with zero attached hydrogens (tertiary/aromatic N) is 3. The number of carbonyl (C=O) groups is 1. The molecule has 4 rings (SSSR count). The topological polar surface area (TPSA) is 76.9 Å². The van der Waals surface area contributed by atoms with E-state index in [0.29, 0.717) is 18.8 Å². The molecule has 1 saturated heterocycles. The Labute approximate surface area is 167 Å². The van der Waals surface area contributed by atoms with Gasteiger partial charge in [0.1, 0.15) is 22.2 Å². The van der Waals surface area contributed by atoms with E-state index in [0.717, 1.165) is 35.8 Å². The van der Waals surface area contributed by atoms with E-state index in [1.807, 2.05) is 17.0 Å². The van der Waals surface area contributed by atoms with Crippen LogP contribution in [0.2, 0.25) is 0 Å². The number of phenolic OH excluding ortho intramolecular Hbond substituents is 2. The van der Waals surface area contributed by atoms with Crippen molar-refractivity contribution in [1.82, 2.24) is 14.8 Å². The van der Waals surface area contributed by atoms with E-state index < -0.39 is 0 Å². The molecule has 0 atom stereocenters. The SMILES string of the molecule is O=C(c1csc(-c2ccc(O)cc2)n1)N1CCN(Cc2cccc(O)c2)CC1. The van der Waals surface area contributed by atoms with Gasteiger partial charge in [-0.15, -0.1) is 11.3 Å². The standard InChI is InChI=1S/C21H21N3O3S/c25-17-6-4-16(5-7-17)20-22-19(14-28-20)21(27)24-10-8-23(9-11-24)13-15-2-1-3-18(26)12-15/h1-7,12,14,25-26H,8-11,13H2. The van der Waals surface area contributed by atoms with Crippen molar-refractivity contribution < 1.29 is 15.0 Å². The molecule has 144 valence electrons. The van der Waals surface area contributed by atoms with E-state index in [1.165, 1.54) is 11.3 Å². The summed E-state index contributed by atoms with van der Waals surface area (Å²) in [7, 11) is 0. The first-order chi connectivity index (χ1) is 13.6. The Hall–Kier alpha value is -2.90. The Balaban J connectivity index is 1.36. The highest BCUT2D eigenvalue weighted by atomic mass is 32.1. The molecule has 7 heteroatoms. The summed E-state index contributed by atoms with van der Waals surface area (Å²) in [4.78, 5) is 21.4. The summed E-state index contributed by atoms with van der Waals surface area (Å²) < 4.78 is 0. The van der Waals surface area contributed by atoms with Crippen LogP contribution in [0.1, 0.15) is 16.1 Å². The van der Waals surface area contributed by atoms with Crippen molar-refractivity contribution in [3.63, 3.8) is 0 Å². The van der Waals surface area contributed by atoms with Crippen molar-refractivity contribution in [3.05, 3.63) is 65.2 Å². The summed E-state index contributed by atoms with van der Waals surface area (Å²) in [6.45, 7) is 3.65. The second-order valence-corrected chi connectivity index (χ2v) is 7.68. The summed E-state index contributed by atoms with van der Waals surface area (Å²) in [6.07, 6.45) is 0. The quantitative estimate of drug-likeness (QED) is 0.710. The molecule has 1 fully saturated rings. The van der Waals surface area contributed by atoms with Gasteiger partial charge in [-0.05, 0) is 42.0 Å². The minimum absolute atomic E-state index is 0.0433. The van der Waals surface area contributed by atoms with Crippen LogP contribution in [-0.4, -0.2) is 57.1 Å². The van der Waals surface area contributed by atoms with Crippen LogP contribution in [0.25, 0.3) is 10.6 Å². The third kappa shape index (κ3) is 4.16. The molecule has 0 unspecified atom stereocenters. The molecule has 1 aliphatic rings. The highest BCUT2D eigenvalue weighted by Gasteiger charge is 2.24. The zero-order valence-corrected chi connectivity index (χ0v) is 16.1. The van der Waals surface area contributed by atoms with Crippen LogP contribution in [0.15, 0.2) is 53.9 Å². The van der Waals surface area contributed by atoms with Crippen LogP contribution >= 0.6 is 11.3 Å². The lowest BCUT2D eigenvalue weighted by Gasteiger charge is -2.34. The van der Waals surface area contributed by atoms with Crippen LogP contribution in [0, 0.1) is 0 Å². The number of aromatic hydroxyl groups is 2. The molecule has 2 aromatic carbocycles. The predicted molar refractivity (Wildman–Crippen MR) is 109 cm³/mol. The van der Waals surface area contributed by atoms with Gasteiger partial charge in [-0.1, -0.05) is 12.1 Å². The summed E-state index contributed by atoms with van der Waals surface area (Å²) in [5, 5.41) is 21.6. The first kappa shape index (κ1) is 18.5. The number of rotatable bonds is 4. The number of hydrogen-bond acceptors (Lipinski definition) is 6. The summed E-state index contributed by atoms with van der Waals surface area (Å²) in [5.74, 6) is 0.442. The van der Waals surface area contributed by atoms with Gasteiger partial charge in [-0.3, -0.25) is 9.69 Å². The first-order valence-corrected chi connectivity index (χ1v) is 10.0. The number of piperazine rings is 1. The second-order valence-electron chi connectivity index (χ2n) is 6.82. The summed E-state index contributed by atoms with van der Waals surface area (Å²) in [6, 6.07) is 14.1. The fraction of sp³-hybridized carbons (Fsp3) is 0.238. The largest absolute Gasteiger partial charge is 0.508 e. The molecule has 1 amide bonds. The average molecular weight is 395 g/mol. The zero-order valence-electron chi connectivity index (χ0n) is 15.3. The monoisotopic (exact) mass is 395 g/mol. The highest BCUT2D eigenvalue weighted by Crippen LogP contribution is 2.26. The maximum atomic E-state index is 12.8. The molecule has 28 heavy (non-hydrogen) atoms. The van der Waals surface area contributed by atoms with Gasteiger partial charge < -0.3 is 15.1 Å². The maximum Gasteiger partial charge on any atom is 0.273 e. The Bertz CT molecular complexity index is 963. The highest BCUT2D eigenvalue weighted by molar-refractivity contribution is 7.13. The van der Waals surface area contributed by atoms with E-state index in [9.17, 15) is 15.0 Å². The van der Waals surface area contributed by atoms with Gasteiger partial charge in [0.25, 0.3) is 5.91 Å². The molecule has 0 spiro atoms. The molecule has 0 radical (unpaired) electrons. The van der Waals surface area contributed by atoms with Gasteiger partial charge in [0.15, 0.2) is 0 Å². The number of carbonyl (C=O) groups excluding carboxylic acids is 1. The van der Waals surface area contributed by atoms with Gasteiger partial charge >= 0.3 is 0 Å². The van der Waals surface area contributed by atoms with Gasteiger partial charge in [0.2, 0.25) is 0 Å². The van der Waals surface area contributed by atoms with Crippen molar-refractivity contribution in [2.45, 2.75) is 6.54 Å². The summed E-state index contributed by atoms with van der Waals surface area (Å²) >= 11 is 1.43. The molecule has 2 N–H and O–H groups in total. The lowest BCUT2D eigenvalue weighted by molar-refractivity contribution is 0.0623. The molecule has 0 bridgehead atoms. The average Bonchev–Trinajstić information content (AvgIpc) is 3.19. The smallest absolute Gasteiger partial charge is 0.273 e. The van der Waals surface area contributed by atoms with Crippen molar-refractivity contribution in [2.75, 3.05) is 26.2 Å². The van der Waals surface area contributed by atoms with Gasteiger partial charge in [-0.2, -0.15) is 0 Å². The lowest BCUT2D eigenvalue weighted by Crippen LogP contribution is -2.48. The normalized spacial score (nSPS) is 14.9. The minimum atomic E-state index is -0.0433. The van der Waals surface area contributed by atoms with Crippen molar-refractivity contribution in [2.24, 2.45) is 0 Å². The Morgan fingerprint density at radius 2 is 1.75 bits per heavy atom. The van der Waals surface area contributed by atoms with Crippen molar-refractivity contribution >= 4 is 17.2 Å². The summed E-state index contributed by atoms with van der Waals surface area (Å²) in [5.41, 5.74) is 2.42. The molecule has 0 saturated carbocycles.